The molecule has 1 aromatic heterocycles. The van der Waals surface area contributed by atoms with Gasteiger partial charge in [0.05, 0.1) is 17.2 Å². The van der Waals surface area contributed by atoms with Gasteiger partial charge in [0.25, 0.3) is 0 Å². The average Bonchev–Trinajstić information content (AvgIpc) is 3.05. The number of fused-ring (bicyclic) bond motifs is 1. The molecule has 0 saturated heterocycles. The molecule has 0 radical (unpaired) electrons. The summed E-state index contributed by atoms with van der Waals surface area (Å²) in [4.78, 5) is 0. The number of nitrogens with zero attached hydrogens (tertiary/aromatic N) is 2. The summed E-state index contributed by atoms with van der Waals surface area (Å²) >= 11 is 0. The molecule has 1 unspecified atom stereocenters. The molecule has 1 aliphatic heterocycles. The van der Waals surface area contributed by atoms with Gasteiger partial charge in [-0.15, -0.1) is 5.10 Å². The number of rotatable bonds is 2. The molecule has 128 valence electrons. The first-order chi connectivity index (χ1) is 12.6. The Hall–Kier alpha value is -3.72. The topological polar surface area (TPSA) is 108 Å². The van der Waals surface area contributed by atoms with E-state index in [9.17, 15) is 10.4 Å². The minimum absolute atomic E-state index is 0.00444. The van der Waals surface area contributed by atoms with Crippen LogP contribution in [0.2, 0.25) is 0 Å². The van der Waals surface area contributed by atoms with Crippen LogP contribution in [-0.2, 0) is 0 Å². The molecule has 0 fully saturated rings. The number of phenols is 1. The van der Waals surface area contributed by atoms with Crippen molar-refractivity contribution in [1.29, 1.82) is 5.26 Å². The third-order valence-electron chi connectivity index (χ3n) is 4.53. The summed E-state index contributed by atoms with van der Waals surface area (Å²) in [6, 6.07) is 17.0. The summed E-state index contributed by atoms with van der Waals surface area (Å²) in [5, 5.41) is 27.3. The predicted molar refractivity (Wildman–Crippen MR) is 96.2 cm³/mol. The highest BCUT2D eigenvalue weighted by Gasteiger charge is 2.36. The third kappa shape index (κ3) is 2.38. The van der Waals surface area contributed by atoms with Gasteiger partial charge < -0.3 is 15.6 Å². The Morgan fingerprint density at radius 1 is 1.19 bits per heavy atom. The zero-order chi connectivity index (χ0) is 18.3. The summed E-state index contributed by atoms with van der Waals surface area (Å²) in [5.74, 6) is -0.178. The Balaban J connectivity index is 1.97. The summed E-state index contributed by atoms with van der Waals surface area (Å²) in [6.45, 7) is 2.01. The lowest BCUT2D eigenvalue weighted by molar-refractivity contribution is 0.377. The Kier molecular flexibility index (Phi) is 3.63. The maximum Gasteiger partial charge on any atom is 0.244 e. The Bertz CT molecular complexity index is 1060. The number of H-pyrrole nitrogens is 1. The summed E-state index contributed by atoms with van der Waals surface area (Å²) in [7, 11) is 0. The maximum absolute atomic E-state index is 10.4. The molecule has 0 aliphatic carbocycles. The minimum Gasteiger partial charge on any atom is -0.508 e. The standard InChI is InChI=1S/C20H16N4O2/c1-11-6-8-12(9-7-11)18-17-16(13-4-2-3-5-15(13)25)14(10-21)19(22)26-20(17)24-23-18/h2-9,16,25H,22H2,1H3,(H,23,24). The van der Waals surface area contributed by atoms with Crippen molar-refractivity contribution < 1.29 is 9.84 Å². The lowest BCUT2D eigenvalue weighted by Gasteiger charge is -2.24. The zero-order valence-corrected chi connectivity index (χ0v) is 14.0. The van der Waals surface area contributed by atoms with Crippen LogP contribution in [0.3, 0.4) is 0 Å². The molecule has 3 aromatic rings. The van der Waals surface area contributed by atoms with Crippen molar-refractivity contribution in [1.82, 2.24) is 10.2 Å². The van der Waals surface area contributed by atoms with Crippen molar-refractivity contribution in [2.75, 3.05) is 0 Å². The number of allylic oxidation sites excluding steroid dienone is 1. The number of phenolic OH excluding ortho intramolecular Hbond substituents is 1. The van der Waals surface area contributed by atoms with E-state index in [4.69, 9.17) is 10.5 Å². The Morgan fingerprint density at radius 3 is 2.62 bits per heavy atom. The number of nitrogens with one attached hydrogen (secondary N) is 1. The molecule has 0 saturated carbocycles. The van der Waals surface area contributed by atoms with Gasteiger partial charge in [-0.1, -0.05) is 48.0 Å². The first kappa shape index (κ1) is 15.8. The normalized spacial score (nSPS) is 15.9. The minimum atomic E-state index is -0.569. The predicted octanol–water partition coefficient (Wildman–Crippen LogP) is 3.31. The first-order valence-electron chi connectivity index (χ1n) is 8.11. The molecule has 0 bridgehead atoms. The lowest BCUT2D eigenvalue weighted by atomic mass is 9.82. The molecule has 1 aliphatic rings. The molecule has 0 spiro atoms. The second-order valence-electron chi connectivity index (χ2n) is 6.17. The number of hydrogen-bond acceptors (Lipinski definition) is 5. The van der Waals surface area contributed by atoms with Crippen molar-refractivity contribution in [2.45, 2.75) is 12.8 Å². The van der Waals surface area contributed by atoms with E-state index < -0.39 is 5.92 Å². The number of aromatic nitrogens is 2. The van der Waals surface area contributed by atoms with Crippen molar-refractivity contribution in [2.24, 2.45) is 5.73 Å². The summed E-state index contributed by atoms with van der Waals surface area (Å²) < 4.78 is 5.56. The van der Waals surface area contributed by atoms with E-state index in [1.165, 1.54) is 0 Å². The number of aromatic amines is 1. The summed E-state index contributed by atoms with van der Waals surface area (Å²) in [6.07, 6.45) is 0. The number of hydrogen-bond donors (Lipinski definition) is 3. The van der Waals surface area contributed by atoms with Crippen LogP contribution in [0, 0.1) is 18.3 Å². The van der Waals surface area contributed by atoms with Gasteiger partial charge in [-0.2, -0.15) is 5.26 Å². The van der Waals surface area contributed by atoms with Crippen LogP contribution >= 0.6 is 0 Å². The molecule has 0 amide bonds. The number of aryl methyl sites for hydroxylation is 1. The average molecular weight is 344 g/mol. The highest BCUT2D eigenvalue weighted by molar-refractivity contribution is 5.71. The van der Waals surface area contributed by atoms with Crippen LogP contribution in [0.5, 0.6) is 11.6 Å². The number of benzene rings is 2. The lowest BCUT2D eigenvalue weighted by Crippen LogP contribution is -2.21. The number of ether oxygens (including phenoxy) is 1. The van der Waals surface area contributed by atoms with Gasteiger partial charge in [-0.25, -0.2) is 0 Å². The van der Waals surface area contributed by atoms with Crippen LogP contribution in [0.25, 0.3) is 11.3 Å². The highest BCUT2D eigenvalue weighted by atomic mass is 16.5. The van der Waals surface area contributed by atoms with E-state index in [2.05, 4.69) is 16.3 Å². The van der Waals surface area contributed by atoms with E-state index in [0.29, 0.717) is 17.0 Å². The van der Waals surface area contributed by atoms with Crippen molar-refractivity contribution in [3.8, 4) is 29.0 Å². The monoisotopic (exact) mass is 344 g/mol. The first-order valence-corrected chi connectivity index (χ1v) is 8.11. The van der Waals surface area contributed by atoms with Gasteiger partial charge in [-0.3, -0.25) is 5.10 Å². The van der Waals surface area contributed by atoms with Crippen LogP contribution in [0.4, 0.5) is 0 Å². The second kappa shape index (κ2) is 5.97. The van der Waals surface area contributed by atoms with Gasteiger partial charge in [-0.05, 0) is 13.0 Å². The number of nitrogens with two attached hydrogens (primary N) is 1. The fourth-order valence-corrected chi connectivity index (χ4v) is 3.23. The maximum atomic E-state index is 10.4. The van der Waals surface area contributed by atoms with Crippen molar-refractivity contribution in [3.05, 3.63) is 76.7 Å². The molecule has 2 aromatic carbocycles. The number of aromatic hydroxyl groups is 1. The molecule has 6 heteroatoms. The van der Waals surface area contributed by atoms with Crippen LogP contribution in [-0.4, -0.2) is 15.3 Å². The summed E-state index contributed by atoms with van der Waals surface area (Å²) in [5.41, 5.74) is 10.2. The highest BCUT2D eigenvalue weighted by Crippen LogP contribution is 2.47. The van der Waals surface area contributed by atoms with Gasteiger partial charge in [0.15, 0.2) is 0 Å². The molecular formula is C20H16N4O2. The largest absolute Gasteiger partial charge is 0.508 e. The van der Waals surface area contributed by atoms with Gasteiger partial charge in [0.1, 0.15) is 17.4 Å². The fraction of sp³-hybridized carbons (Fsp3) is 0.100. The van der Waals surface area contributed by atoms with Gasteiger partial charge in [0, 0.05) is 11.1 Å². The van der Waals surface area contributed by atoms with E-state index in [1.54, 1.807) is 24.3 Å². The fourth-order valence-electron chi connectivity index (χ4n) is 3.23. The Morgan fingerprint density at radius 2 is 1.92 bits per heavy atom. The quantitative estimate of drug-likeness (QED) is 0.661. The molecule has 4 N–H and O–H groups in total. The van der Waals surface area contributed by atoms with E-state index in [0.717, 1.165) is 16.8 Å². The molecule has 6 nitrogen and oxygen atoms in total. The van der Waals surface area contributed by atoms with E-state index in [1.807, 2.05) is 31.2 Å². The van der Waals surface area contributed by atoms with Crippen molar-refractivity contribution >= 4 is 0 Å². The number of nitriles is 1. The van der Waals surface area contributed by atoms with Gasteiger partial charge in [0.2, 0.25) is 11.8 Å². The van der Waals surface area contributed by atoms with Gasteiger partial charge >= 0.3 is 0 Å². The van der Waals surface area contributed by atoms with E-state index in [-0.39, 0.29) is 17.2 Å². The van der Waals surface area contributed by atoms with Crippen LogP contribution < -0.4 is 10.5 Å². The smallest absolute Gasteiger partial charge is 0.244 e. The Labute approximate surface area is 150 Å². The zero-order valence-electron chi connectivity index (χ0n) is 14.0. The SMILES string of the molecule is Cc1ccc(-c2[nH]nc3c2C(c2ccccc2O)C(C#N)=C(N)O3)cc1. The molecular weight excluding hydrogens is 328 g/mol. The molecule has 26 heavy (non-hydrogen) atoms. The van der Waals surface area contributed by atoms with Crippen LogP contribution in [0.1, 0.15) is 22.6 Å². The third-order valence-corrected chi connectivity index (χ3v) is 4.53. The molecule has 2 heterocycles. The van der Waals surface area contributed by atoms with Crippen molar-refractivity contribution in [3.63, 3.8) is 0 Å². The number of para-hydroxylation sites is 1. The van der Waals surface area contributed by atoms with Crippen LogP contribution in [0.15, 0.2) is 60.0 Å². The molecule has 1 atom stereocenters. The molecule has 4 rings (SSSR count). The second-order valence-corrected chi connectivity index (χ2v) is 6.17. The van der Waals surface area contributed by atoms with E-state index >= 15 is 0 Å².